The van der Waals surface area contributed by atoms with Crippen LogP contribution in [-0.4, -0.2) is 63.3 Å². The third-order valence-electron chi connectivity index (χ3n) is 9.57. The number of ether oxygens (including phenoxy) is 1. The van der Waals surface area contributed by atoms with E-state index in [0.717, 1.165) is 16.5 Å². The summed E-state index contributed by atoms with van der Waals surface area (Å²) in [4.78, 5) is 45.1. The second kappa shape index (κ2) is 15.3. The number of rotatable bonds is 10. The maximum Gasteiger partial charge on any atom is 0.323 e. The minimum Gasteiger partial charge on any atom is -0.463 e. The molecule has 5 aromatic heterocycles. The van der Waals surface area contributed by atoms with E-state index in [4.69, 9.17) is 17.6 Å². The number of esters is 1. The average Bonchev–Trinajstić information content (AvgIpc) is 3.94. The fourth-order valence-corrected chi connectivity index (χ4v) is 6.86. The number of carbonyl (C=O) groups is 2. The number of nitrogens with zero attached hydrogens (tertiary/aromatic N) is 8. The monoisotopic (exact) mass is 760 g/mol. The molecule has 0 bridgehead atoms. The number of fused-ring (bicyclic) bond motifs is 3. The topological polar surface area (TPSA) is 195 Å². The van der Waals surface area contributed by atoms with Crippen LogP contribution in [-0.2, 0) is 29.5 Å². The molecule has 0 radical (unpaired) electrons. The minimum absolute atomic E-state index is 0.0181. The number of hydrogen-bond acceptors (Lipinski definition) is 10. The summed E-state index contributed by atoms with van der Waals surface area (Å²) in [6, 6.07) is 24.2. The molecule has 0 aliphatic carbocycles. The summed E-state index contributed by atoms with van der Waals surface area (Å²) in [5, 5.41) is 17.4. The zero-order valence-corrected chi connectivity index (χ0v) is 30.7. The molecule has 0 aliphatic heterocycles. The van der Waals surface area contributed by atoms with Gasteiger partial charge in [0.1, 0.15) is 18.2 Å². The third-order valence-corrected chi connectivity index (χ3v) is 9.57. The molecule has 8 aromatic rings. The first-order valence-electron chi connectivity index (χ1n) is 18.7. The van der Waals surface area contributed by atoms with Crippen molar-refractivity contribution < 1.29 is 15.7 Å². The summed E-state index contributed by atoms with van der Waals surface area (Å²) >= 11 is 0. The van der Waals surface area contributed by atoms with Crippen molar-refractivity contribution in [2.24, 2.45) is 12.8 Å². The predicted molar refractivity (Wildman–Crippen MR) is 214 cm³/mol. The molecule has 15 nitrogen and oxygen atoms in total. The van der Waals surface area contributed by atoms with Crippen molar-refractivity contribution in [2.45, 2.75) is 32.0 Å². The number of carbonyl (C=O) groups excluding carboxylic acids is 2. The Morgan fingerprint density at radius 2 is 1.84 bits per heavy atom. The van der Waals surface area contributed by atoms with Gasteiger partial charge >= 0.3 is 5.97 Å². The molecular weight excluding hydrogens is 723 g/mol. The van der Waals surface area contributed by atoms with Crippen molar-refractivity contribution in [3.63, 3.8) is 0 Å². The molecule has 284 valence electrons. The van der Waals surface area contributed by atoms with Crippen LogP contribution >= 0.6 is 0 Å². The molecule has 15 heteroatoms. The van der Waals surface area contributed by atoms with E-state index in [9.17, 15) is 14.4 Å². The Hall–Kier alpha value is -7.57. The maximum atomic E-state index is 14.5. The van der Waals surface area contributed by atoms with Crippen LogP contribution in [0.2, 0.25) is 0 Å². The lowest BCUT2D eigenvalue weighted by molar-refractivity contribution is -0.145. The van der Waals surface area contributed by atoms with Gasteiger partial charge < -0.3 is 26.1 Å². The lowest BCUT2D eigenvalue weighted by Crippen LogP contribution is -2.35. The lowest BCUT2D eigenvalue weighted by atomic mass is 10.0. The Morgan fingerprint density at radius 3 is 2.68 bits per heavy atom. The lowest BCUT2D eigenvalue weighted by Gasteiger charge is -2.21. The highest BCUT2D eigenvalue weighted by Crippen LogP contribution is 2.25. The zero-order valence-electron chi connectivity index (χ0n) is 31.7. The van der Waals surface area contributed by atoms with Crippen LogP contribution in [0.3, 0.4) is 0 Å². The predicted octanol–water partition coefficient (Wildman–Crippen LogP) is 3.70. The number of aryl methyl sites for hydroxylation is 1. The molecule has 0 spiro atoms. The van der Waals surface area contributed by atoms with Gasteiger partial charge in [-0.25, -0.2) is 14.2 Å². The number of benzene rings is 3. The van der Waals surface area contributed by atoms with Gasteiger partial charge in [-0.15, -0.1) is 10.2 Å². The van der Waals surface area contributed by atoms with Gasteiger partial charge in [-0.1, -0.05) is 59.7 Å². The van der Waals surface area contributed by atoms with Crippen LogP contribution in [0.5, 0.6) is 0 Å². The van der Waals surface area contributed by atoms with Gasteiger partial charge in [-0.2, -0.15) is 0 Å². The molecule has 5 N–H and O–H groups in total. The van der Waals surface area contributed by atoms with E-state index in [1.165, 1.54) is 9.20 Å². The molecule has 3 aromatic carbocycles. The van der Waals surface area contributed by atoms with Gasteiger partial charge in [0, 0.05) is 61.3 Å². The zero-order chi connectivity index (χ0) is 40.3. The number of nitrogen functional groups attached to an aromatic ring is 1. The first kappa shape index (κ1) is 35.2. The quantitative estimate of drug-likeness (QED) is 0.137. The van der Waals surface area contributed by atoms with E-state index < -0.39 is 24.0 Å². The average molecular weight is 761 g/mol. The molecule has 1 amide bonds. The van der Waals surface area contributed by atoms with Crippen LogP contribution in [0.4, 0.5) is 5.82 Å². The number of nitrogens with two attached hydrogens (primary N) is 2. The fourth-order valence-electron chi connectivity index (χ4n) is 6.86. The Balaban J connectivity index is 0.992. The van der Waals surface area contributed by atoms with E-state index in [0.29, 0.717) is 39.1 Å². The van der Waals surface area contributed by atoms with Crippen molar-refractivity contribution in [3.05, 3.63) is 148 Å². The second-order valence-corrected chi connectivity index (χ2v) is 13.4. The van der Waals surface area contributed by atoms with Crippen LogP contribution in [0, 0.1) is 11.8 Å². The first-order valence-corrected chi connectivity index (χ1v) is 18.0. The van der Waals surface area contributed by atoms with Crippen LogP contribution in [0.25, 0.3) is 33.0 Å². The van der Waals surface area contributed by atoms with E-state index in [-0.39, 0.29) is 43.5 Å². The highest BCUT2D eigenvalue weighted by atomic mass is 16.5. The van der Waals surface area contributed by atoms with Crippen molar-refractivity contribution in [1.82, 2.24) is 44.0 Å². The number of para-hydroxylation sites is 2. The molecule has 0 saturated carbocycles. The third kappa shape index (κ3) is 7.20. The van der Waals surface area contributed by atoms with Crippen molar-refractivity contribution in [3.8, 4) is 17.5 Å². The summed E-state index contributed by atoms with van der Waals surface area (Å²) in [5.74, 6) is 5.11. The van der Waals surface area contributed by atoms with Gasteiger partial charge in [0.05, 0.1) is 24.2 Å². The number of pyridine rings is 1. The Labute approximate surface area is 326 Å². The highest BCUT2D eigenvalue weighted by molar-refractivity contribution is 6.04. The fraction of sp³-hybridized carbons (Fsp3) is 0.167. The maximum absolute atomic E-state index is 14.5. The molecule has 0 aliphatic rings. The molecule has 5 heterocycles. The number of amides is 1. The van der Waals surface area contributed by atoms with Gasteiger partial charge in [-0.3, -0.25) is 19.0 Å². The molecule has 8 rings (SSSR count). The number of anilines is 1. The van der Waals surface area contributed by atoms with E-state index in [1.54, 1.807) is 52.8 Å². The van der Waals surface area contributed by atoms with E-state index in [2.05, 4.69) is 37.6 Å². The smallest absolute Gasteiger partial charge is 0.323 e. The summed E-state index contributed by atoms with van der Waals surface area (Å²) in [5.41, 5.74) is 16.2. The second-order valence-electron chi connectivity index (χ2n) is 13.4. The highest BCUT2D eigenvalue weighted by Gasteiger charge is 2.24. The van der Waals surface area contributed by atoms with Crippen LogP contribution in [0.1, 0.15) is 47.2 Å². The number of aromatic nitrogens is 8. The van der Waals surface area contributed by atoms with Gasteiger partial charge in [-0.05, 0) is 60.2 Å². The SMILES string of the molecule is [2H]Cn1cc(C[C@H](N)C(=O)OCCn2cc(C#Cc3cccc4cc([C@H](C)NC(=O)c5c(N)nn6cccnc56)n(-c5ccccc5)c(=O)c34)nn2)c2ccccc21. The summed E-state index contributed by atoms with van der Waals surface area (Å²) < 4.78 is 19.6. The summed E-state index contributed by atoms with van der Waals surface area (Å²) in [6.07, 6.45) is 6.95. The Kier molecular flexibility index (Phi) is 9.43. The largest absolute Gasteiger partial charge is 0.463 e. The summed E-state index contributed by atoms with van der Waals surface area (Å²) in [7, 11) is 0.0602. The van der Waals surface area contributed by atoms with Gasteiger partial charge in [0.15, 0.2) is 17.2 Å². The standard InChI is InChI=1S/C42H37N11O4/c1-26(46-40(54)37-38(44)48-52-19-9-18-45-39(37)52)35-23-28-11-8-10-27(36(28)41(55)53(35)31-12-4-3-5-13-31)16-17-30-25-51(49-47-30)20-21-57-42(56)33(43)22-29-24-50(2)34-15-7-6-14-32(29)34/h3-15,18-19,23-26,33H,20-22,43H2,1-2H3,(H2,44,48)(H,46,54)/t26-,33-/m0/s1/i2D. The van der Waals surface area contributed by atoms with Crippen molar-refractivity contribution >= 4 is 45.0 Å². The molecule has 0 unspecified atom stereocenters. The number of hydrogen-bond donors (Lipinski definition) is 3. The molecular formula is C42H37N11O4. The van der Waals surface area contributed by atoms with Crippen LogP contribution < -0.4 is 22.3 Å². The van der Waals surface area contributed by atoms with Gasteiger partial charge in [0.25, 0.3) is 11.5 Å². The van der Waals surface area contributed by atoms with Crippen molar-refractivity contribution in [2.75, 3.05) is 12.3 Å². The van der Waals surface area contributed by atoms with Crippen LogP contribution in [0.15, 0.2) is 115 Å². The van der Waals surface area contributed by atoms with E-state index >= 15 is 0 Å². The molecule has 2 atom stereocenters. The van der Waals surface area contributed by atoms with Gasteiger partial charge in [0.2, 0.25) is 0 Å². The number of nitrogens with one attached hydrogen (secondary N) is 1. The first-order chi connectivity index (χ1) is 28.2. The summed E-state index contributed by atoms with van der Waals surface area (Å²) in [6.45, 7) is 2.03. The Bertz CT molecular complexity index is 2960. The Morgan fingerprint density at radius 1 is 1.02 bits per heavy atom. The molecule has 0 saturated heterocycles. The van der Waals surface area contributed by atoms with Crippen molar-refractivity contribution in [1.29, 1.82) is 0 Å². The van der Waals surface area contributed by atoms with E-state index in [1.807, 2.05) is 72.9 Å². The minimum atomic E-state index is -0.882. The normalized spacial score (nSPS) is 12.6. The molecule has 57 heavy (non-hydrogen) atoms. The molecule has 0 fully saturated rings.